The molecule has 0 aromatic heterocycles. The molecule has 0 unspecified atom stereocenters. The second kappa shape index (κ2) is 24.6. The van der Waals surface area contributed by atoms with Crippen molar-refractivity contribution in [3.63, 3.8) is 0 Å². The molecule has 1 rings (SSSR count). The summed E-state index contributed by atoms with van der Waals surface area (Å²) in [6.07, 6.45) is -5.96. The lowest BCUT2D eigenvalue weighted by Gasteiger charge is -2.31. The lowest BCUT2D eigenvalue weighted by atomic mass is 10.0. The van der Waals surface area contributed by atoms with E-state index in [0.29, 0.717) is 0 Å². The molecule has 0 aromatic carbocycles. The fraction of sp³-hybridized carbons (Fsp3) is 0.667. The summed E-state index contributed by atoms with van der Waals surface area (Å²) in [6, 6.07) is -11.3. The first-order chi connectivity index (χ1) is 27.5. The van der Waals surface area contributed by atoms with Gasteiger partial charge in [-0.3, -0.25) is 48.6 Å². The van der Waals surface area contributed by atoms with Crippen molar-refractivity contribution < 1.29 is 73.5 Å². The fourth-order valence-corrected chi connectivity index (χ4v) is 5.71. The number of amides is 7. The number of hydrogen-bond donors (Lipinski definition) is 15. The molecule has 26 nitrogen and oxygen atoms in total. The van der Waals surface area contributed by atoms with E-state index in [4.69, 9.17) is 22.6 Å². The number of primary amides is 1. The number of nitrogens with two attached hydrogens (primary N) is 3. The lowest BCUT2D eigenvalue weighted by molar-refractivity contribution is -0.146. The molecule has 1 fully saturated rings. The molecule has 0 aliphatic carbocycles. The molecule has 7 amide bonds. The molecule has 0 spiro atoms. The summed E-state index contributed by atoms with van der Waals surface area (Å²) in [6.45, 7) is 2.26. The molecule has 0 aromatic rings. The van der Waals surface area contributed by atoms with Gasteiger partial charge in [-0.15, -0.1) is 0 Å². The van der Waals surface area contributed by atoms with Gasteiger partial charge in [-0.05, 0) is 52.4 Å². The molecule has 1 saturated heterocycles. The zero-order valence-corrected chi connectivity index (χ0v) is 32.5. The van der Waals surface area contributed by atoms with Gasteiger partial charge in [0, 0.05) is 25.9 Å². The van der Waals surface area contributed by atoms with Crippen molar-refractivity contribution in [2.75, 3.05) is 13.1 Å². The highest BCUT2D eigenvalue weighted by Gasteiger charge is 2.40. The van der Waals surface area contributed by atoms with Gasteiger partial charge in [0.25, 0.3) is 0 Å². The van der Waals surface area contributed by atoms with Gasteiger partial charge >= 0.3 is 17.9 Å². The van der Waals surface area contributed by atoms with Crippen LogP contribution in [0.1, 0.15) is 71.6 Å². The Balaban J connectivity index is 3.37. The van der Waals surface area contributed by atoms with Gasteiger partial charge in [0.15, 0.2) is 12.0 Å². The topological polar surface area (TPSA) is 449 Å². The first-order valence-electron chi connectivity index (χ1n) is 18.4. The van der Waals surface area contributed by atoms with E-state index >= 15 is 0 Å². The third kappa shape index (κ3) is 17.9. The van der Waals surface area contributed by atoms with E-state index in [9.17, 15) is 73.5 Å². The van der Waals surface area contributed by atoms with Gasteiger partial charge in [0.2, 0.25) is 41.4 Å². The molecule has 9 atom stereocenters. The van der Waals surface area contributed by atoms with Crippen molar-refractivity contribution in [3.8, 4) is 0 Å². The van der Waals surface area contributed by atoms with Crippen LogP contribution in [0.25, 0.3) is 0 Å². The lowest BCUT2D eigenvalue weighted by Crippen LogP contribution is -2.60. The van der Waals surface area contributed by atoms with Crippen molar-refractivity contribution in [3.05, 3.63) is 0 Å². The number of aliphatic hydroxyl groups excluding tert-OH is 2. The van der Waals surface area contributed by atoms with E-state index < -0.39 is 146 Å². The van der Waals surface area contributed by atoms with Gasteiger partial charge < -0.3 is 79.5 Å². The molecule has 59 heavy (non-hydrogen) atoms. The third-order valence-corrected chi connectivity index (χ3v) is 8.91. The molecule has 0 radical (unpaired) electrons. The molecule has 1 aliphatic heterocycles. The van der Waals surface area contributed by atoms with Crippen LogP contribution in [0.2, 0.25) is 0 Å². The largest absolute Gasteiger partial charge is 0.481 e. The van der Waals surface area contributed by atoms with Gasteiger partial charge in [0.05, 0.1) is 18.6 Å². The number of nitrogens with zero attached hydrogens (tertiary/aromatic N) is 1. The van der Waals surface area contributed by atoms with Crippen LogP contribution in [-0.2, 0) is 47.9 Å². The quantitative estimate of drug-likeness (QED) is 0.0219. The number of likely N-dealkylation sites (tertiary alicyclic amines) is 1. The summed E-state index contributed by atoms with van der Waals surface area (Å²) >= 11 is 0. The van der Waals surface area contributed by atoms with E-state index in [-0.39, 0.29) is 44.7 Å². The third-order valence-electron chi connectivity index (χ3n) is 8.91. The van der Waals surface area contributed by atoms with Crippen molar-refractivity contribution in [2.45, 2.75) is 126 Å². The number of aliphatic hydroxyl groups is 2. The first-order valence-corrected chi connectivity index (χ1v) is 18.4. The van der Waals surface area contributed by atoms with Crippen LogP contribution in [0.5, 0.6) is 0 Å². The number of aliphatic carboxylic acids is 3. The van der Waals surface area contributed by atoms with Crippen molar-refractivity contribution >= 4 is 65.2 Å². The molecule has 26 heteroatoms. The summed E-state index contributed by atoms with van der Waals surface area (Å²) in [5, 5.41) is 68.5. The first kappa shape index (κ1) is 50.9. The standard InChI is InChI=1S/C33H55N11O15/c1-14(45)24(35)30(56)40-16(5-3-11-38-33(36)37)26(52)41-18(8-10-22(48)49)31(57)44-12-4-6-20(44)29(55)39-17(7-9-21(34)47)27(53)42-19(13-23(50)51)28(54)43-25(15(2)46)32(58)59/h14-20,24-25,45-46H,3-13,35H2,1-2H3,(H2,34,47)(H,39,55)(H,40,56)(H,41,52)(H,42,53)(H,43,54)(H,48,49)(H,50,51)(H,58,59)(H4,36,37,38)/t14-,15-,16+,17+,18+,19+,20+,24+,25+/m1/s1. The fourth-order valence-electron chi connectivity index (χ4n) is 5.71. The Morgan fingerprint density at radius 2 is 1.25 bits per heavy atom. The number of carboxylic acid groups (broad SMARTS) is 3. The average Bonchev–Trinajstić information content (AvgIpc) is 3.63. The number of rotatable bonds is 26. The van der Waals surface area contributed by atoms with E-state index in [2.05, 4.69) is 26.6 Å². The summed E-state index contributed by atoms with van der Waals surface area (Å²) in [5.74, 6) is -12.3. The smallest absolute Gasteiger partial charge is 0.328 e. The van der Waals surface area contributed by atoms with Crippen LogP contribution in [-0.4, -0.2) is 163 Å². The molecule has 18 N–H and O–H groups in total. The number of carbonyl (C=O) groups excluding carboxylic acids is 7. The Hall–Kier alpha value is -6.15. The zero-order chi connectivity index (χ0) is 45.1. The minimum Gasteiger partial charge on any atom is -0.481 e. The Morgan fingerprint density at radius 3 is 1.76 bits per heavy atom. The molecule has 332 valence electrons. The van der Waals surface area contributed by atoms with Gasteiger partial charge in [0.1, 0.15) is 36.3 Å². The number of nitrogens with one attached hydrogen (secondary N) is 7. The highest BCUT2D eigenvalue weighted by Crippen LogP contribution is 2.21. The maximum Gasteiger partial charge on any atom is 0.328 e. The predicted molar refractivity (Wildman–Crippen MR) is 200 cm³/mol. The normalized spacial score (nSPS) is 17.6. The van der Waals surface area contributed by atoms with Crippen LogP contribution in [0, 0.1) is 5.41 Å². The summed E-state index contributed by atoms with van der Waals surface area (Å²) in [5.41, 5.74) is 16.2. The maximum absolute atomic E-state index is 14.0. The van der Waals surface area contributed by atoms with E-state index in [1.807, 2.05) is 5.32 Å². The van der Waals surface area contributed by atoms with Crippen LogP contribution in [0.3, 0.4) is 0 Å². The van der Waals surface area contributed by atoms with Crippen LogP contribution < -0.4 is 49.1 Å². The average molecular weight is 846 g/mol. The summed E-state index contributed by atoms with van der Waals surface area (Å²) < 4.78 is 0. The minimum absolute atomic E-state index is 0.0135. The molecule has 1 aliphatic rings. The van der Waals surface area contributed by atoms with Crippen molar-refractivity contribution in [1.29, 1.82) is 5.41 Å². The van der Waals surface area contributed by atoms with Crippen LogP contribution in [0.15, 0.2) is 0 Å². The molecule has 1 heterocycles. The Kier molecular flexibility index (Phi) is 21.2. The van der Waals surface area contributed by atoms with Gasteiger partial charge in [-0.25, -0.2) is 4.79 Å². The number of guanidine groups is 1. The Morgan fingerprint density at radius 1 is 0.712 bits per heavy atom. The maximum atomic E-state index is 14.0. The molecule has 0 bridgehead atoms. The minimum atomic E-state index is -1.95. The van der Waals surface area contributed by atoms with Gasteiger partial charge in [-0.2, -0.15) is 0 Å². The molecular formula is C33H55N11O15. The predicted octanol–water partition coefficient (Wildman–Crippen LogP) is -6.56. The second-order valence-corrected chi connectivity index (χ2v) is 13.8. The van der Waals surface area contributed by atoms with E-state index in [0.717, 1.165) is 11.8 Å². The highest BCUT2D eigenvalue weighted by atomic mass is 16.4. The van der Waals surface area contributed by atoms with E-state index in [1.54, 1.807) is 0 Å². The zero-order valence-electron chi connectivity index (χ0n) is 32.5. The molecular weight excluding hydrogens is 790 g/mol. The highest BCUT2D eigenvalue weighted by molar-refractivity contribution is 5.98. The van der Waals surface area contributed by atoms with Crippen LogP contribution in [0.4, 0.5) is 0 Å². The second-order valence-electron chi connectivity index (χ2n) is 13.8. The summed E-state index contributed by atoms with van der Waals surface area (Å²) in [7, 11) is 0. The van der Waals surface area contributed by atoms with Gasteiger partial charge in [-0.1, -0.05) is 0 Å². The number of hydrogen-bond acceptors (Lipinski definition) is 14. The number of carboxylic acids is 3. The number of carbonyl (C=O) groups is 10. The Labute approximate surface area is 337 Å². The Bertz CT molecular complexity index is 1580. The van der Waals surface area contributed by atoms with Crippen LogP contribution >= 0.6 is 0 Å². The summed E-state index contributed by atoms with van der Waals surface area (Å²) in [4.78, 5) is 127. The monoisotopic (exact) mass is 845 g/mol. The molecule has 0 saturated carbocycles. The van der Waals surface area contributed by atoms with Crippen molar-refractivity contribution in [2.24, 2.45) is 17.2 Å². The van der Waals surface area contributed by atoms with Crippen molar-refractivity contribution in [1.82, 2.24) is 36.8 Å². The van der Waals surface area contributed by atoms with E-state index in [1.165, 1.54) is 6.92 Å². The SMILES string of the molecule is C[C@@H](O)[C@H](N)C(=O)N[C@@H](CCCNC(=N)N)C(=O)N[C@@H](CCC(=O)O)C(=O)N1CCC[C@H]1C(=O)N[C@@H](CCC(N)=O)C(=O)N[C@@H](CC(=O)O)C(=O)N[C@H](C(=O)O)[C@@H](C)O.